The Morgan fingerprint density at radius 3 is 2.66 bits per heavy atom. The smallest absolute Gasteiger partial charge is 0.251 e. The minimum atomic E-state index is -0.409. The number of hydrogen-bond acceptors (Lipinski definition) is 6. The molecular formula is C22H25N5O2. The molecule has 2 atom stereocenters. The van der Waals surface area contributed by atoms with Crippen LogP contribution >= 0.6 is 0 Å². The first-order chi connectivity index (χ1) is 14.2. The standard InChI is InChI=1S/C22H25N5O2/c1-27-13-12-23-15-19(27)20-25-22(29-26-20)18(14-16-8-4-2-5-9-16)24-21(28)17-10-6-3-7-11-17/h2-11,18-19,23H,12-15H2,1H3,(H,24,28). The van der Waals surface area contributed by atoms with E-state index in [0.717, 1.165) is 25.2 Å². The topological polar surface area (TPSA) is 83.3 Å². The molecule has 7 nitrogen and oxygen atoms in total. The third-order valence-electron chi connectivity index (χ3n) is 5.19. The number of hydrogen-bond donors (Lipinski definition) is 2. The summed E-state index contributed by atoms with van der Waals surface area (Å²) in [4.78, 5) is 19.6. The van der Waals surface area contributed by atoms with Gasteiger partial charge in [-0.2, -0.15) is 4.98 Å². The number of carbonyl (C=O) groups is 1. The van der Waals surface area contributed by atoms with Crippen LogP contribution in [0, 0.1) is 0 Å². The Morgan fingerprint density at radius 2 is 1.93 bits per heavy atom. The van der Waals surface area contributed by atoms with Crippen molar-refractivity contribution in [3.63, 3.8) is 0 Å². The first-order valence-electron chi connectivity index (χ1n) is 9.85. The number of nitrogens with zero attached hydrogens (tertiary/aromatic N) is 3. The third kappa shape index (κ3) is 4.70. The van der Waals surface area contributed by atoms with Gasteiger partial charge in [-0.1, -0.05) is 53.7 Å². The molecule has 0 spiro atoms. The van der Waals surface area contributed by atoms with E-state index in [2.05, 4.69) is 32.7 Å². The van der Waals surface area contributed by atoms with Crippen LogP contribution in [-0.4, -0.2) is 47.6 Å². The number of piperazine rings is 1. The number of rotatable bonds is 6. The zero-order valence-electron chi connectivity index (χ0n) is 16.4. The largest absolute Gasteiger partial charge is 0.340 e. The quantitative estimate of drug-likeness (QED) is 0.671. The predicted octanol–water partition coefficient (Wildman–Crippen LogP) is 2.36. The van der Waals surface area contributed by atoms with Gasteiger partial charge in [0.1, 0.15) is 6.04 Å². The molecule has 3 aromatic rings. The Hall–Kier alpha value is -3.03. The van der Waals surface area contributed by atoms with E-state index in [1.165, 1.54) is 0 Å². The molecule has 2 unspecified atom stereocenters. The summed E-state index contributed by atoms with van der Waals surface area (Å²) in [6.45, 7) is 2.64. The van der Waals surface area contributed by atoms with Crippen LogP contribution in [0.3, 0.4) is 0 Å². The summed E-state index contributed by atoms with van der Waals surface area (Å²) < 4.78 is 5.61. The molecule has 7 heteroatoms. The fourth-order valence-electron chi connectivity index (χ4n) is 3.50. The van der Waals surface area contributed by atoms with Crippen molar-refractivity contribution in [2.75, 3.05) is 26.7 Å². The highest BCUT2D eigenvalue weighted by molar-refractivity contribution is 5.94. The van der Waals surface area contributed by atoms with E-state index in [1.807, 2.05) is 48.5 Å². The predicted molar refractivity (Wildman–Crippen MR) is 109 cm³/mol. The first kappa shape index (κ1) is 19.3. The van der Waals surface area contributed by atoms with Gasteiger partial charge >= 0.3 is 0 Å². The summed E-state index contributed by atoms with van der Waals surface area (Å²) in [7, 11) is 2.06. The highest BCUT2D eigenvalue weighted by atomic mass is 16.5. The average Bonchev–Trinajstić information content (AvgIpc) is 3.25. The molecule has 1 saturated heterocycles. The second-order valence-corrected chi connectivity index (χ2v) is 7.27. The van der Waals surface area contributed by atoms with Gasteiger partial charge in [0.2, 0.25) is 5.89 Å². The SMILES string of the molecule is CN1CCNCC1c1noc(C(Cc2ccccc2)NC(=O)c2ccccc2)n1. The Kier molecular flexibility index (Phi) is 5.97. The van der Waals surface area contributed by atoms with Crippen molar-refractivity contribution in [3.8, 4) is 0 Å². The van der Waals surface area contributed by atoms with Crippen molar-refractivity contribution >= 4 is 5.91 Å². The lowest BCUT2D eigenvalue weighted by Crippen LogP contribution is -2.44. The van der Waals surface area contributed by atoms with Crippen molar-refractivity contribution in [2.24, 2.45) is 0 Å². The minimum Gasteiger partial charge on any atom is -0.340 e. The molecule has 4 rings (SSSR count). The molecule has 150 valence electrons. The zero-order chi connectivity index (χ0) is 20.1. The van der Waals surface area contributed by atoms with Crippen LogP contribution in [0.25, 0.3) is 0 Å². The summed E-state index contributed by atoms with van der Waals surface area (Å²) in [5, 5.41) is 10.6. The molecule has 1 fully saturated rings. The molecule has 2 N–H and O–H groups in total. The van der Waals surface area contributed by atoms with Gasteiger partial charge in [0.05, 0.1) is 6.04 Å². The van der Waals surface area contributed by atoms with Crippen molar-refractivity contribution in [1.82, 2.24) is 25.7 Å². The van der Waals surface area contributed by atoms with Gasteiger partial charge in [-0.05, 0) is 24.7 Å². The Bertz CT molecular complexity index is 929. The molecule has 0 saturated carbocycles. The molecule has 1 amide bonds. The number of benzene rings is 2. The summed E-state index contributed by atoms with van der Waals surface area (Å²) in [5.41, 5.74) is 1.68. The van der Waals surface area contributed by atoms with Crippen LogP contribution in [0.5, 0.6) is 0 Å². The van der Waals surface area contributed by atoms with E-state index < -0.39 is 6.04 Å². The fourth-order valence-corrected chi connectivity index (χ4v) is 3.50. The van der Waals surface area contributed by atoms with Crippen molar-refractivity contribution in [3.05, 3.63) is 83.5 Å². The van der Waals surface area contributed by atoms with Crippen molar-refractivity contribution < 1.29 is 9.32 Å². The monoisotopic (exact) mass is 391 g/mol. The van der Waals surface area contributed by atoms with Gasteiger partial charge in [0.15, 0.2) is 5.82 Å². The summed E-state index contributed by atoms with van der Waals surface area (Å²) in [6.07, 6.45) is 0.569. The van der Waals surface area contributed by atoms with Crippen LogP contribution in [0.1, 0.15) is 39.7 Å². The highest BCUT2D eigenvalue weighted by Gasteiger charge is 2.28. The normalized spacial score (nSPS) is 18.3. The molecule has 1 aromatic heterocycles. The van der Waals surface area contributed by atoms with Gasteiger partial charge < -0.3 is 15.2 Å². The molecule has 1 aliphatic heterocycles. The first-order valence-corrected chi connectivity index (χ1v) is 9.85. The summed E-state index contributed by atoms with van der Waals surface area (Å²) >= 11 is 0. The van der Waals surface area contributed by atoms with Gasteiger partial charge in [0.25, 0.3) is 5.91 Å². The maximum absolute atomic E-state index is 12.8. The van der Waals surface area contributed by atoms with Gasteiger partial charge in [-0.15, -0.1) is 0 Å². The van der Waals surface area contributed by atoms with E-state index in [4.69, 9.17) is 4.52 Å². The minimum absolute atomic E-state index is 0.0588. The number of nitrogens with one attached hydrogen (secondary N) is 2. The van der Waals surface area contributed by atoms with Gasteiger partial charge in [-0.25, -0.2) is 0 Å². The zero-order valence-corrected chi connectivity index (χ0v) is 16.4. The third-order valence-corrected chi connectivity index (χ3v) is 5.19. The molecule has 2 aromatic carbocycles. The summed E-state index contributed by atoms with van der Waals surface area (Å²) in [5.74, 6) is 0.900. The number of aromatic nitrogens is 2. The maximum Gasteiger partial charge on any atom is 0.251 e. The van der Waals surface area contributed by atoms with Gasteiger partial charge in [0, 0.05) is 31.6 Å². The molecule has 0 aliphatic carbocycles. The highest BCUT2D eigenvalue weighted by Crippen LogP contribution is 2.22. The van der Waals surface area contributed by atoms with E-state index in [1.54, 1.807) is 12.1 Å². The molecule has 2 heterocycles. The van der Waals surface area contributed by atoms with E-state index >= 15 is 0 Å². The van der Waals surface area contributed by atoms with Gasteiger partial charge in [-0.3, -0.25) is 9.69 Å². The second kappa shape index (κ2) is 8.98. The van der Waals surface area contributed by atoms with E-state index in [-0.39, 0.29) is 11.9 Å². The van der Waals surface area contributed by atoms with E-state index in [9.17, 15) is 4.79 Å². The molecule has 1 aliphatic rings. The Morgan fingerprint density at radius 1 is 1.21 bits per heavy atom. The van der Waals surface area contributed by atoms with Crippen molar-refractivity contribution in [2.45, 2.75) is 18.5 Å². The average molecular weight is 391 g/mol. The number of amides is 1. The lowest BCUT2D eigenvalue weighted by Gasteiger charge is -2.30. The molecule has 0 bridgehead atoms. The van der Waals surface area contributed by atoms with Crippen LogP contribution < -0.4 is 10.6 Å². The fraction of sp³-hybridized carbons (Fsp3) is 0.318. The Labute approximate surface area is 170 Å². The van der Waals surface area contributed by atoms with Crippen LogP contribution in [-0.2, 0) is 6.42 Å². The second-order valence-electron chi connectivity index (χ2n) is 7.27. The van der Waals surface area contributed by atoms with Crippen molar-refractivity contribution in [1.29, 1.82) is 0 Å². The van der Waals surface area contributed by atoms with E-state index in [0.29, 0.717) is 23.7 Å². The lowest BCUT2D eigenvalue weighted by molar-refractivity contribution is 0.0928. The summed E-state index contributed by atoms with van der Waals surface area (Å²) in [6, 6.07) is 18.8. The molecule has 29 heavy (non-hydrogen) atoms. The number of carbonyl (C=O) groups excluding carboxylic acids is 1. The maximum atomic E-state index is 12.8. The lowest BCUT2D eigenvalue weighted by atomic mass is 10.1. The Balaban J connectivity index is 1.57. The van der Waals surface area contributed by atoms with Crippen LogP contribution in [0.15, 0.2) is 65.2 Å². The number of likely N-dealkylation sites (N-methyl/N-ethyl adjacent to an activating group) is 1. The van der Waals surface area contributed by atoms with Crippen LogP contribution in [0.4, 0.5) is 0 Å². The molecular weight excluding hydrogens is 366 g/mol. The molecule has 0 radical (unpaired) electrons. The van der Waals surface area contributed by atoms with Crippen LogP contribution in [0.2, 0.25) is 0 Å².